The maximum atomic E-state index is 10.4. The van der Waals surface area contributed by atoms with E-state index in [-0.39, 0.29) is 6.23 Å². The van der Waals surface area contributed by atoms with Gasteiger partial charge < -0.3 is 9.64 Å². The van der Waals surface area contributed by atoms with Gasteiger partial charge in [0.15, 0.2) is 0 Å². The lowest BCUT2D eigenvalue weighted by Gasteiger charge is -2.19. The first-order valence-electron chi connectivity index (χ1n) is 3.64. The molecule has 10 heavy (non-hydrogen) atoms. The zero-order chi connectivity index (χ0) is 7.56. The van der Waals surface area contributed by atoms with E-state index in [4.69, 9.17) is 4.74 Å². The van der Waals surface area contributed by atoms with Crippen LogP contribution < -0.4 is 0 Å². The summed E-state index contributed by atoms with van der Waals surface area (Å²) in [5.74, 6) is 0. The minimum absolute atomic E-state index is 0.0255. The molecule has 3 nitrogen and oxygen atoms in total. The lowest BCUT2D eigenvalue weighted by atomic mass is 10.2. The fraction of sp³-hybridized carbons (Fsp3) is 0.857. The Morgan fingerprint density at radius 2 is 2.50 bits per heavy atom. The number of carbonyl (C=O) groups is 1. The third-order valence-electron chi connectivity index (χ3n) is 1.96. The van der Waals surface area contributed by atoms with Crippen molar-refractivity contribution in [2.45, 2.75) is 32.5 Å². The minimum Gasteiger partial charge on any atom is -0.356 e. The van der Waals surface area contributed by atoms with Gasteiger partial charge in [0.05, 0.1) is 12.6 Å². The van der Waals surface area contributed by atoms with Gasteiger partial charge in [-0.25, -0.2) is 0 Å². The van der Waals surface area contributed by atoms with Gasteiger partial charge in [0.2, 0.25) is 6.41 Å². The number of nitrogens with zero attached hydrogens (tertiary/aromatic N) is 1. The van der Waals surface area contributed by atoms with Crippen LogP contribution in [0, 0.1) is 0 Å². The summed E-state index contributed by atoms with van der Waals surface area (Å²) in [7, 11) is 0. The highest BCUT2D eigenvalue weighted by molar-refractivity contribution is 5.48. The number of amides is 1. The maximum Gasteiger partial charge on any atom is 0.212 e. The largest absolute Gasteiger partial charge is 0.356 e. The van der Waals surface area contributed by atoms with Crippen molar-refractivity contribution in [3.8, 4) is 0 Å². The van der Waals surface area contributed by atoms with Crippen LogP contribution >= 0.6 is 0 Å². The van der Waals surface area contributed by atoms with Crippen LogP contribution in [-0.2, 0) is 9.53 Å². The molecular formula is C7H13NO2. The van der Waals surface area contributed by atoms with Crippen LogP contribution in [0.25, 0.3) is 0 Å². The average molecular weight is 143 g/mol. The van der Waals surface area contributed by atoms with Gasteiger partial charge in [-0.3, -0.25) is 4.79 Å². The van der Waals surface area contributed by atoms with Crippen LogP contribution in [0.5, 0.6) is 0 Å². The van der Waals surface area contributed by atoms with Gasteiger partial charge in [-0.2, -0.15) is 0 Å². The Morgan fingerprint density at radius 1 is 1.80 bits per heavy atom. The molecule has 1 rings (SSSR count). The second-order valence-corrected chi connectivity index (χ2v) is 2.55. The normalized spacial score (nSPS) is 32.8. The third-order valence-corrected chi connectivity index (χ3v) is 1.96. The zero-order valence-electron chi connectivity index (χ0n) is 6.41. The van der Waals surface area contributed by atoms with Crippen LogP contribution in [-0.4, -0.2) is 30.2 Å². The summed E-state index contributed by atoms with van der Waals surface area (Å²) in [6, 6.07) is 0.299. The van der Waals surface area contributed by atoms with Crippen molar-refractivity contribution in [1.29, 1.82) is 0 Å². The monoisotopic (exact) mass is 143 g/mol. The Balaban J connectivity index is 2.53. The predicted octanol–water partition coefficient (Wildman–Crippen LogP) is 0.600. The zero-order valence-corrected chi connectivity index (χ0v) is 6.41. The molecule has 2 atom stereocenters. The van der Waals surface area contributed by atoms with Crippen molar-refractivity contribution in [3.05, 3.63) is 0 Å². The molecule has 1 aliphatic heterocycles. The molecule has 0 N–H and O–H groups in total. The first-order valence-corrected chi connectivity index (χ1v) is 3.64. The van der Waals surface area contributed by atoms with Crippen molar-refractivity contribution in [2.75, 3.05) is 6.61 Å². The number of ether oxygens (including phenoxy) is 1. The SMILES string of the molecule is CCC1COC(C)N1C=O. The average Bonchev–Trinajstić information content (AvgIpc) is 2.30. The van der Waals surface area contributed by atoms with Gasteiger partial charge in [0.25, 0.3) is 0 Å². The van der Waals surface area contributed by atoms with Crippen LogP contribution in [0.15, 0.2) is 0 Å². The maximum absolute atomic E-state index is 10.4. The molecule has 1 amide bonds. The van der Waals surface area contributed by atoms with Gasteiger partial charge >= 0.3 is 0 Å². The highest BCUT2D eigenvalue weighted by Gasteiger charge is 2.28. The first kappa shape index (κ1) is 7.54. The molecule has 0 saturated carbocycles. The Morgan fingerprint density at radius 3 is 2.90 bits per heavy atom. The van der Waals surface area contributed by atoms with Crippen molar-refractivity contribution in [2.24, 2.45) is 0 Å². The van der Waals surface area contributed by atoms with Crippen LogP contribution in [0.4, 0.5) is 0 Å². The molecule has 1 aliphatic rings. The molecule has 1 saturated heterocycles. The molecule has 0 bridgehead atoms. The number of carbonyl (C=O) groups excluding carboxylic acids is 1. The smallest absolute Gasteiger partial charge is 0.212 e. The van der Waals surface area contributed by atoms with Gasteiger partial charge in [0.1, 0.15) is 6.23 Å². The number of hydrogen-bond acceptors (Lipinski definition) is 2. The summed E-state index contributed by atoms with van der Waals surface area (Å²) in [5, 5.41) is 0. The molecule has 1 fully saturated rings. The summed E-state index contributed by atoms with van der Waals surface area (Å²) >= 11 is 0. The number of rotatable bonds is 2. The van der Waals surface area contributed by atoms with Gasteiger partial charge in [-0.05, 0) is 13.3 Å². The highest BCUT2D eigenvalue weighted by Crippen LogP contribution is 2.15. The van der Waals surface area contributed by atoms with E-state index in [9.17, 15) is 4.79 Å². The molecule has 1 heterocycles. The molecule has 0 aliphatic carbocycles. The van der Waals surface area contributed by atoms with Crippen molar-refractivity contribution < 1.29 is 9.53 Å². The standard InChI is InChI=1S/C7H13NO2/c1-3-7-4-10-6(2)8(7)5-9/h5-7H,3-4H2,1-2H3. The lowest BCUT2D eigenvalue weighted by molar-refractivity contribution is -0.123. The van der Waals surface area contributed by atoms with Crippen LogP contribution in [0.1, 0.15) is 20.3 Å². The molecule has 3 heteroatoms. The van der Waals surface area contributed by atoms with E-state index in [1.807, 2.05) is 6.92 Å². The molecule has 0 spiro atoms. The lowest BCUT2D eigenvalue weighted by Crippen LogP contribution is -2.33. The second-order valence-electron chi connectivity index (χ2n) is 2.55. The molecule has 0 aromatic heterocycles. The van der Waals surface area contributed by atoms with E-state index in [1.54, 1.807) is 4.90 Å². The highest BCUT2D eigenvalue weighted by atomic mass is 16.5. The van der Waals surface area contributed by atoms with Gasteiger partial charge in [-0.15, -0.1) is 0 Å². The molecular weight excluding hydrogens is 130 g/mol. The molecule has 0 radical (unpaired) electrons. The Kier molecular flexibility index (Phi) is 2.27. The Labute approximate surface area is 61.0 Å². The molecule has 2 unspecified atom stereocenters. The quantitative estimate of drug-likeness (QED) is 0.530. The van der Waals surface area contributed by atoms with Crippen molar-refractivity contribution in [3.63, 3.8) is 0 Å². The van der Waals surface area contributed by atoms with Crippen molar-refractivity contribution in [1.82, 2.24) is 4.90 Å². The van der Waals surface area contributed by atoms with E-state index < -0.39 is 0 Å². The molecule has 58 valence electrons. The fourth-order valence-corrected chi connectivity index (χ4v) is 1.22. The summed E-state index contributed by atoms with van der Waals surface area (Å²) in [5.41, 5.74) is 0. The summed E-state index contributed by atoms with van der Waals surface area (Å²) in [6.07, 6.45) is 1.82. The van der Waals surface area contributed by atoms with Gasteiger partial charge in [0, 0.05) is 0 Å². The third kappa shape index (κ3) is 1.14. The van der Waals surface area contributed by atoms with Gasteiger partial charge in [-0.1, -0.05) is 6.92 Å². The van der Waals surface area contributed by atoms with Crippen LogP contribution in [0.2, 0.25) is 0 Å². The van der Waals surface area contributed by atoms with E-state index in [1.165, 1.54) is 0 Å². The molecule has 0 aromatic carbocycles. The first-order chi connectivity index (χ1) is 4.79. The van der Waals surface area contributed by atoms with E-state index in [0.29, 0.717) is 12.6 Å². The number of hydrogen-bond donors (Lipinski definition) is 0. The topological polar surface area (TPSA) is 29.5 Å². The molecule has 0 aromatic rings. The predicted molar refractivity (Wildman–Crippen MR) is 37.4 cm³/mol. The summed E-state index contributed by atoms with van der Waals surface area (Å²) in [4.78, 5) is 12.2. The Bertz CT molecular complexity index is 127. The Hall–Kier alpha value is -0.570. The fourth-order valence-electron chi connectivity index (χ4n) is 1.22. The summed E-state index contributed by atoms with van der Waals surface area (Å²) in [6.45, 7) is 4.64. The summed E-state index contributed by atoms with van der Waals surface area (Å²) < 4.78 is 5.25. The van der Waals surface area contributed by atoms with Crippen molar-refractivity contribution >= 4 is 6.41 Å². The second kappa shape index (κ2) is 3.01. The van der Waals surface area contributed by atoms with Crippen LogP contribution in [0.3, 0.4) is 0 Å². The van der Waals surface area contributed by atoms with E-state index in [2.05, 4.69) is 6.92 Å². The van der Waals surface area contributed by atoms with E-state index >= 15 is 0 Å². The minimum atomic E-state index is -0.0255. The van der Waals surface area contributed by atoms with E-state index in [0.717, 1.165) is 12.8 Å².